The number of Topliss-reactive ketones (excluding diaryl/α,β-unsaturated/α-hetero) is 1. The highest BCUT2D eigenvalue weighted by Gasteiger charge is 2.07. The fraction of sp³-hybridized carbons (Fsp3) is 0.300. The van der Waals surface area contributed by atoms with Gasteiger partial charge in [0.2, 0.25) is 0 Å². The van der Waals surface area contributed by atoms with E-state index in [1.165, 1.54) is 0 Å². The fourth-order valence-corrected chi connectivity index (χ4v) is 1.83. The van der Waals surface area contributed by atoms with E-state index >= 15 is 0 Å². The molecule has 0 aliphatic carbocycles. The van der Waals surface area contributed by atoms with Gasteiger partial charge in [-0.15, -0.1) is 11.6 Å². The van der Waals surface area contributed by atoms with Crippen molar-refractivity contribution in [3.05, 3.63) is 33.8 Å². The molecule has 0 aromatic heterocycles. The molecule has 0 saturated heterocycles. The Morgan fingerprint density at radius 2 is 2.23 bits per heavy atom. The molecule has 0 bridgehead atoms. The molecule has 0 aliphatic rings. The average molecular weight is 262 g/mol. The maximum Gasteiger partial charge on any atom is 0.152 e. The lowest BCUT2D eigenvalue weighted by atomic mass is 10.0. The van der Waals surface area contributed by atoms with Gasteiger partial charge in [0.1, 0.15) is 0 Å². The van der Waals surface area contributed by atoms with Crippen LogP contribution in [0.3, 0.4) is 0 Å². The summed E-state index contributed by atoms with van der Waals surface area (Å²) < 4.78 is 0.978. The summed E-state index contributed by atoms with van der Waals surface area (Å²) >= 11 is 8.85. The average Bonchev–Trinajstić information content (AvgIpc) is 2.11. The van der Waals surface area contributed by atoms with E-state index in [1.54, 1.807) is 0 Å². The molecule has 0 saturated carbocycles. The molecule has 0 radical (unpaired) electrons. The Balaban J connectivity index is 2.93. The van der Waals surface area contributed by atoms with Crippen molar-refractivity contribution in [1.82, 2.24) is 0 Å². The summed E-state index contributed by atoms with van der Waals surface area (Å²) in [4.78, 5) is 11.1. The Bertz CT molecular complexity index is 302. The van der Waals surface area contributed by atoms with Crippen LogP contribution in [0, 0.1) is 6.92 Å². The number of halogens is 2. The molecular weight excluding hydrogens is 251 g/mol. The zero-order valence-electron chi connectivity index (χ0n) is 7.31. The quantitative estimate of drug-likeness (QED) is 0.764. The smallest absolute Gasteiger partial charge is 0.152 e. The summed E-state index contributed by atoms with van der Waals surface area (Å²) in [7, 11) is 0. The van der Waals surface area contributed by atoms with E-state index in [0.717, 1.165) is 15.6 Å². The van der Waals surface area contributed by atoms with E-state index < -0.39 is 0 Å². The molecule has 0 atom stereocenters. The minimum atomic E-state index is 0.0525. The van der Waals surface area contributed by atoms with Gasteiger partial charge in [-0.05, 0) is 24.1 Å². The van der Waals surface area contributed by atoms with Gasteiger partial charge in [0.05, 0.1) is 5.88 Å². The minimum absolute atomic E-state index is 0.0525. The molecule has 0 aliphatic heterocycles. The summed E-state index contributed by atoms with van der Waals surface area (Å²) in [5, 5.41) is 0. The lowest BCUT2D eigenvalue weighted by Crippen LogP contribution is -2.05. The molecule has 13 heavy (non-hydrogen) atoms. The number of hydrogen-bond donors (Lipinski definition) is 0. The second-order valence-electron chi connectivity index (χ2n) is 2.88. The number of carbonyl (C=O) groups excluding carboxylic acids is 1. The summed E-state index contributed by atoms with van der Waals surface area (Å²) in [5.41, 5.74) is 2.15. The summed E-state index contributed by atoms with van der Waals surface area (Å²) in [6.45, 7) is 1.99. The first kappa shape index (κ1) is 10.7. The van der Waals surface area contributed by atoms with E-state index in [2.05, 4.69) is 15.9 Å². The number of rotatable bonds is 3. The van der Waals surface area contributed by atoms with Gasteiger partial charge in [-0.3, -0.25) is 4.79 Å². The largest absolute Gasteiger partial charge is 0.298 e. The molecule has 0 heterocycles. The van der Waals surface area contributed by atoms with E-state index in [1.807, 2.05) is 25.1 Å². The summed E-state index contributed by atoms with van der Waals surface area (Å²) in [5.74, 6) is 0.137. The Kier molecular flexibility index (Phi) is 3.94. The number of aryl methyl sites for hydroxylation is 1. The molecule has 0 N–H and O–H groups in total. The minimum Gasteiger partial charge on any atom is -0.298 e. The molecule has 70 valence electrons. The normalized spacial score (nSPS) is 10.1. The number of benzene rings is 1. The van der Waals surface area contributed by atoms with Crippen LogP contribution >= 0.6 is 27.5 Å². The topological polar surface area (TPSA) is 17.1 Å². The van der Waals surface area contributed by atoms with Crippen molar-refractivity contribution < 1.29 is 4.79 Å². The molecule has 1 nitrogen and oxygen atoms in total. The molecule has 0 fully saturated rings. The fourth-order valence-electron chi connectivity index (χ4n) is 1.13. The zero-order chi connectivity index (χ0) is 9.84. The standard InChI is InChI=1S/C10H10BrClO/c1-7-3-2-4-10(11)9(7)5-8(13)6-12/h2-4H,5-6H2,1H3. The van der Waals surface area contributed by atoms with Gasteiger partial charge >= 0.3 is 0 Å². The van der Waals surface area contributed by atoms with Crippen LogP contribution in [0.25, 0.3) is 0 Å². The number of hydrogen-bond acceptors (Lipinski definition) is 1. The molecule has 0 spiro atoms. The van der Waals surface area contributed by atoms with Gasteiger partial charge in [-0.25, -0.2) is 0 Å². The van der Waals surface area contributed by atoms with E-state index in [0.29, 0.717) is 6.42 Å². The predicted octanol–water partition coefficient (Wildman–Crippen LogP) is 3.11. The van der Waals surface area contributed by atoms with Gasteiger partial charge < -0.3 is 0 Å². The number of alkyl halides is 1. The lowest BCUT2D eigenvalue weighted by molar-refractivity contribution is -0.116. The van der Waals surface area contributed by atoms with Crippen molar-refractivity contribution in [3.8, 4) is 0 Å². The lowest BCUT2D eigenvalue weighted by Gasteiger charge is -2.05. The van der Waals surface area contributed by atoms with E-state index in [4.69, 9.17) is 11.6 Å². The zero-order valence-corrected chi connectivity index (χ0v) is 9.65. The van der Waals surface area contributed by atoms with Gasteiger partial charge in [0.25, 0.3) is 0 Å². The van der Waals surface area contributed by atoms with Gasteiger partial charge in [0.15, 0.2) is 5.78 Å². The third kappa shape index (κ3) is 2.82. The Hall–Kier alpha value is -0.340. The van der Waals surface area contributed by atoms with Crippen LogP contribution in [0.4, 0.5) is 0 Å². The van der Waals surface area contributed by atoms with Crippen LogP contribution in [0.2, 0.25) is 0 Å². The first-order valence-electron chi connectivity index (χ1n) is 3.97. The van der Waals surface area contributed by atoms with Crippen molar-refractivity contribution >= 4 is 33.3 Å². The van der Waals surface area contributed by atoms with Crippen LogP contribution in [-0.2, 0) is 11.2 Å². The highest BCUT2D eigenvalue weighted by atomic mass is 79.9. The van der Waals surface area contributed by atoms with Crippen LogP contribution in [0.1, 0.15) is 11.1 Å². The predicted molar refractivity (Wildman–Crippen MR) is 58.3 cm³/mol. The maximum atomic E-state index is 11.1. The Labute approximate surface area is 91.2 Å². The van der Waals surface area contributed by atoms with Crippen molar-refractivity contribution in [3.63, 3.8) is 0 Å². The molecule has 0 unspecified atom stereocenters. The Morgan fingerprint density at radius 3 is 2.77 bits per heavy atom. The van der Waals surface area contributed by atoms with Crippen LogP contribution < -0.4 is 0 Å². The molecule has 1 rings (SSSR count). The highest BCUT2D eigenvalue weighted by Crippen LogP contribution is 2.20. The monoisotopic (exact) mass is 260 g/mol. The van der Waals surface area contributed by atoms with Crippen LogP contribution in [0.15, 0.2) is 22.7 Å². The number of ketones is 1. The highest BCUT2D eigenvalue weighted by molar-refractivity contribution is 9.10. The van der Waals surface area contributed by atoms with Crippen molar-refractivity contribution in [2.45, 2.75) is 13.3 Å². The van der Waals surface area contributed by atoms with Gasteiger partial charge in [-0.1, -0.05) is 28.1 Å². The van der Waals surface area contributed by atoms with Crippen molar-refractivity contribution in [2.24, 2.45) is 0 Å². The summed E-state index contributed by atoms with van der Waals surface area (Å²) in [6.07, 6.45) is 0.413. The SMILES string of the molecule is Cc1cccc(Br)c1CC(=O)CCl. The number of carbonyl (C=O) groups is 1. The van der Waals surface area contributed by atoms with Crippen molar-refractivity contribution in [1.29, 1.82) is 0 Å². The van der Waals surface area contributed by atoms with Crippen LogP contribution in [-0.4, -0.2) is 11.7 Å². The molecule has 1 aromatic rings. The molecule has 1 aromatic carbocycles. The molecular formula is C10H10BrClO. The second kappa shape index (κ2) is 4.77. The second-order valence-corrected chi connectivity index (χ2v) is 4.01. The molecule has 0 amide bonds. The Morgan fingerprint density at radius 1 is 1.54 bits per heavy atom. The van der Waals surface area contributed by atoms with E-state index in [-0.39, 0.29) is 11.7 Å². The van der Waals surface area contributed by atoms with Gasteiger partial charge in [0, 0.05) is 10.9 Å². The van der Waals surface area contributed by atoms with Gasteiger partial charge in [-0.2, -0.15) is 0 Å². The van der Waals surface area contributed by atoms with Crippen LogP contribution in [0.5, 0.6) is 0 Å². The first-order valence-corrected chi connectivity index (χ1v) is 5.29. The third-order valence-electron chi connectivity index (χ3n) is 1.88. The van der Waals surface area contributed by atoms with E-state index in [9.17, 15) is 4.79 Å². The van der Waals surface area contributed by atoms with Crippen molar-refractivity contribution in [2.75, 3.05) is 5.88 Å². The third-order valence-corrected chi connectivity index (χ3v) is 2.92. The first-order chi connectivity index (χ1) is 6.15. The molecule has 3 heteroatoms. The summed E-state index contributed by atoms with van der Waals surface area (Å²) in [6, 6.07) is 5.87. The maximum absolute atomic E-state index is 11.1.